The zero-order chi connectivity index (χ0) is 14.7. The Bertz CT molecular complexity index is 522. The van der Waals surface area contributed by atoms with Gasteiger partial charge in [-0.1, -0.05) is 0 Å². The summed E-state index contributed by atoms with van der Waals surface area (Å²) in [6.45, 7) is 1.03. The fraction of sp³-hybridized carbons (Fsp3) is 0.615. The topological polar surface area (TPSA) is 88.1 Å². The van der Waals surface area contributed by atoms with Crippen LogP contribution in [0.15, 0.2) is 12.4 Å². The molecule has 1 aliphatic heterocycles. The summed E-state index contributed by atoms with van der Waals surface area (Å²) in [6, 6.07) is 0.187. The van der Waals surface area contributed by atoms with E-state index in [0.29, 0.717) is 11.7 Å². The SMILES string of the molecule is O=C(Cn1cc(NC(=O)C2CSCCN2)cn1)NC1CC1. The van der Waals surface area contributed by atoms with Gasteiger partial charge in [-0.15, -0.1) is 0 Å². The summed E-state index contributed by atoms with van der Waals surface area (Å²) in [5, 5.41) is 13.0. The molecule has 2 aliphatic rings. The first-order valence-electron chi connectivity index (χ1n) is 7.14. The van der Waals surface area contributed by atoms with Gasteiger partial charge in [0.2, 0.25) is 11.8 Å². The minimum atomic E-state index is -0.162. The van der Waals surface area contributed by atoms with E-state index in [-0.39, 0.29) is 24.4 Å². The number of amides is 2. The first kappa shape index (κ1) is 14.4. The molecule has 1 saturated carbocycles. The molecule has 21 heavy (non-hydrogen) atoms. The van der Waals surface area contributed by atoms with Crippen molar-refractivity contribution in [3.63, 3.8) is 0 Å². The molecule has 3 N–H and O–H groups in total. The van der Waals surface area contributed by atoms with Gasteiger partial charge in [-0.2, -0.15) is 16.9 Å². The van der Waals surface area contributed by atoms with E-state index in [1.54, 1.807) is 24.2 Å². The molecule has 2 amide bonds. The van der Waals surface area contributed by atoms with Gasteiger partial charge >= 0.3 is 0 Å². The second-order valence-corrected chi connectivity index (χ2v) is 6.49. The first-order chi connectivity index (χ1) is 10.2. The van der Waals surface area contributed by atoms with Crippen LogP contribution in [0, 0.1) is 0 Å². The fourth-order valence-corrected chi connectivity index (χ4v) is 3.06. The van der Waals surface area contributed by atoms with Gasteiger partial charge in [0.05, 0.1) is 17.9 Å². The molecular formula is C13H19N5O2S. The van der Waals surface area contributed by atoms with E-state index in [0.717, 1.165) is 30.9 Å². The van der Waals surface area contributed by atoms with Gasteiger partial charge in [0.15, 0.2) is 0 Å². The quantitative estimate of drug-likeness (QED) is 0.701. The van der Waals surface area contributed by atoms with E-state index in [1.807, 2.05) is 0 Å². The lowest BCUT2D eigenvalue weighted by Gasteiger charge is -2.21. The van der Waals surface area contributed by atoms with Crippen molar-refractivity contribution in [2.45, 2.75) is 31.5 Å². The standard InChI is InChI=1S/C13H19N5O2S/c19-12(16-9-1-2-9)7-18-6-10(5-15-18)17-13(20)11-8-21-4-3-14-11/h5-6,9,11,14H,1-4,7-8H2,(H,16,19)(H,17,20). The number of nitrogens with zero attached hydrogens (tertiary/aromatic N) is 2. The number of aromatic nitrogens is 2. The molecule has 8 heteroatoms. The van der Waals surface area contributed by atoms with E-state index in [2.05, 4.69) is 21.0 Å². The van der Waals surface area contributed by atoms with Gasteiger partial charge in [-0.05, 0) is 12.8 Å². The minimum absolute atomic E-state index is 0.0381. The third-order valence-corrected chi connectivity index (χ3v) is 4.45. The van der Waals surface area contributed by atoms with E-state index in [1.165, 1.54) is 4.68 Å². The molecule has 0 aromatic carbocycles. The van der Waals surface area contributed by atoms with Crippen molar-refractivity contribution in [1.82, 2.24) is 20.4 Å². The van der Waals surface area contributed by atoms with Crippen molar-refractivity contribution in [2.24, 2.45) is 0 Å². The number of nitrogens with one attached hydrogen (secondary N) is 3. The van der Waals surface area contributed by atoms with Gasteiger partial charge in [0, 0.05) is 30.3 Å². The molecule has 7 nitrogen and oxygen atoms in total. The van der Waals surface area contributed by atoms with Gasteiger partial charge in [-0.3, -0.25) is 14.3 Å². The summed E-state index contributed by atoms with van der Waals surface area (Å²) in [5.41, 5.74) is 0.622. The van der Waals surface area contributed by atoms with Crippen molar-refractivity contribution in [3.05, 3.63) is 12.4 Å². The van der Waals surface area contributed by atoms with Crippen LogP contribution in [0.4, 0.5) is 5.69 Å². The van der Waals surface area contributed by atoms with Gasteiger partial charge in [0.25, 0.3) is 0 Å². The summed E-state index contributed by atoms with van der Waals surface area (Å²) < 4.78 is 1.54. The zero-order valence-electron chi connectivity index (χ0n) is 11.7. The van der Waals surface area contributed by atoms with Crippen molar-refractivity contribution < 1.29 is 9.59 Å². The lowest BCUT2D eigenvalue weighted by molar-refractivity contribution is -0.122. The van der Waals surface area contributed by atoms with Crippen LogP contribution >= 0.6 is 11.8 Å². The maximum atomic E-state index is 12.0. The molecule has 2 heterocycles. The van der Waals surface area contributed by atoms with E-state index in [4.69, 9.17) is 0 Å². The van der Waals surface area contributed by atoms with Gasteiger partial charge in [0.1, 0.15) is 6.54 Å². The van der Waals surface area contributed by atoms with Crippen LogP contribution in [-0.4, -0.2) is 51.7 Å². The van der Waals surface area contributed by atoms with Gasteiger partial charge < -0.3 is 16.0 Å². The van der Waals surface area contributed by atoms with Crippen LogP contribution in [0.5, 0.6) is 0 Å². The minimum Gasteiger partial charge on any atom is -0.352 e. The molecule has 0 bridgehead atoms. The highest BCUT2D eigenvalue weighted by molar-refractivity contribution is 7.99. The zero-order valence-corrected chi connectivity index (χ0v) is 12.5. The Morgan fingerprint density at radius 2 is 2.33 bits per heavy atom. The molecule has 1 aliphatic carbocycles. The summed E-state index contributed by atoms with van der Waals surface area (Å²) in [5.74, 6) is 1.73. The van der Waals surface area contributed by atoms with Crippen LogP contribution in [0.1, 0.15) is 12.8 Å². The lowest BCUT2D eigenvalue weighted by atomic mass is 10.3. The Balaban J connectivity index is 1.49. The lowest BCUT2D eigenvalue weighted by Crippen LogP contribution is -2.46. The van der Waals surface area contributed by atoms with Crippen molar-refractivity contribution in [1.29, 1.82) is 0 Å². The Labute approximate surface area is 127 Å². The fourth-order valence-electron chi connectivity index (χ4n) is 2.13. The Morgan fingerprint density at radius 3 is 3.05 bits per heavy atom. The summed E-state index contributed by atoms with van der Waals surface area (Å²) >= 11 is 1.77. The predicted molar refractivity (Wildman–Crippen MR) is 81.1 cm³/mol. The molecule has 0 spiro atoms. The van der Waals surface area contributed by atoms with Crippen LogP contribution < -0.4 is 16.0 Å². The summed E-state index contributed by atoms with van der Waals surface area (Å²) in [6.07, 6.45) is 5.38. The average molecular weight is 309 g/mol. The molecule has 1 saturated heterocycles. The molecule has 1 unspecified atom stereocenters. The molecule has 1 atom stereocenters. The van der Waals surface area contributed by atoms with Crippen LogP contribution in [-0.2, 0) is 16.1 Å². The number of hydrogen-bond acceptors (Lipinski definition) is 5. The van der Waals surface area contributed by atoms with E-state index >= 15 is 0 Å². The van der Waals surface area contributed by atoms with Crippen molar-refractivity contribution >= 4 is 29.3 Å². The summed E-state index contributed by atoms with van der Waals surface area (Å²) in [7, 11) is 0. The highest BCUT2D eigenvalue weighted by atomic mass is 32.2. The maximum Gasteiger partial charge on any atom is 0.242 e. The molecule has 2 fully saturated rings. The average Bonchev–Trinajstić information content (AvgIpc) is 3.19. The van der Waals surface area contributed by atoms with Crippen molar-refractivity contribution in [2.75, 3.05) is 23.4 Å². The van der Waals surface area contributed by atoms with Crippen LogP contribution in [0.2, 0.25) is 0 Å². The third-order valence-electron chi connectivity index (χ3n) is 3.39. The van der Waals surface area contributed by atoms with E-state index < -0.39 is 0 Å². The molecule has 1 aromatic rings. The highest BCUT2D eigenvalue weighted by Crippen LogP contribution is 2.18. The number of thioether (sulfide) groups is 1. The molecule has 0 radical (unpaired) electrons. The van der Waals surface area contributed by atoms with E-state index in [9.17, 15) is 9.59 Å². The number of anilines is 1. The van der Waals surface area contributed by atoms with Crippen molar-refractivity contribution in [3.8, 4) is 0 Å². The first-order valence-corrected chi connectivity index (χ1v) is 8.30. The number of rotatable bonds is 5. The number of carbonyl (C=O) groups is 2. The Hall–Kier alpha value is -1.54. The van der Waals surface area contributed by atoms with Crippen LogP contribution in [0.25, 0.3) is 0 Å². The second-order valence-electron chi connectivity index (χ2n) is 5.34. The summed E-state index contributed by atoms with van der Waals surface area (Å²) in [4.78, 5) is 23.7. The Kier molecular flexibility index (Phi) is 4.45. The molecular weight excluding hydrogens is 290 g/mol. The predicted octanol–water partition coefficient (Wildman–Crippen LogP) is -0.195. The molecule has 3 rings (SSSR count). The third kappa shape index (κ3) is 4.21. The molecule has 1 aromatic heterocycles. The monoisotopic (exact) mass is 309 g/mol. The molecule has 114 valence electrons. The number of hydrogen-bond donors (Lipinski definition) is 3. The van der Waals surface area contributed by atoms with Gasteiger partial charge in [-0.25, -0.2) is 0 Å². The van der Waals surface area contributed by atoms with Crippen LogP contribution in [0.3, 0.4) is 0 Å². The smallest absolute Gasteiger partial charge is 0.242 e. The Morgan fingerprint density at radius 1 is 1.48 bits per heavy atom. The maximum absolute atomic E-state index is 12.0. The number of carbonyl (C=O) groups excluding carboxylic acids is 2. The highest BCUT2D eigenvalue weighted by Gasteiger charge is 2.24. The normalized spacial score (nSPS) is 21.8. The second kappa shape index (κ2) is 6.48. The largest absolute Gasteiger partial charge is 0.352 e.